The van der Waals surface area contributed by atoms with E-state index >= 15 is 0 Å². The second-order valence-corrected chi connectivity index (χ2v) is 6.39. The van der Waals surface area contributed by atoms with Gasteiger partial charge in [-0.25, -0.2) is 10.4 Å². The molecule has 1 aromatic carbocycles. The lowest BCUT2D eigenvalue weighted by Gasteiger charge is -2.31. The van der Waals surface area contributed by atoms with Gasteiger partial charge in [0.2, 0.25) is 0 Å². The minimum atomic E-state index is 0.169. The van der Waals surface area contributed by atoms with E-state index in [-0.39, 0.29) is 11.5 Å². The zero-order valence-electron chi connectivity index (χ0n) is 12.9. The molecule has 0 spiro atoms. The molecular formula is C16H27N3O. The Hall–Kier alpha value is -0.940. The maximum Gasteiger partial charge on any atom is 0.0608 e. The molecule has 1 saturated heterocycles. The third kappa shape index (κ3) is 4.03. The van der Waals surface area contributed by atoms with Crippen molar-refractivity contribution in [2.24, 2.45) is 5.73 Å². The zero-order valence-corrected chi connectivity index (χ0v) is 12.9. The summed E-state index contributed by atoms with van der Waals surface area (Å²) in [6, 6.07) is 8.96. The summed E-state index contributed by atoms with van der Waals surface area (Å²) in [6.45, 7) is 10.7. The Morgan fingerprint density at radius 3 is 2.30 bits per heavy atom. The van der Waals surface area contributed by atoms with Gasteiger partial charge in [-0.05, 0) is 16.5 Å². The molecule has 0 aromatic heterocycles. The first-order chi connectivity index (χ1) is 9.50. The van der Waals surface area contributed by atoms with E-state index in [0.717, 1.165) is 26.3 Å². The number of rotatable bonds is 4. The molecule has 112 valence electrons. The molecule has 0 aliphatic carbocycles. The third-order valence-corrected chi connectivity index (χ3v) is 3.76. The number of ether oxygens (including phenoxy) is 1. The lowest BCUT2D eigenvalue weighted by molar-refractivity contribution is 0.00404. The van der Waals surface area contributed by atoms with Crippen LogP contribution in [0.2, 0.25) is 0 Å². The van der Waals surface area contributed by atoms with Crippen molar-refractivity contribution in [2.45, 2.75) is 32.2 Å². The van der Waals surface area contributed by atoms with Gasteiger partial charge >= 0.3 is 0 Å². The van der Waals surface area contributed by atoms with Gasteiger partial charge in [0.15, 0.2) is 0 Å². The van der Waals surface area contributed by atoms with E-state index in [2.05, 4.69) is 55.5 Å². The van der Waals surface area contributed by atoms with Gasteiger partial charge in [-0.3, -0.25) is 0 Å². The van der Waals surface area contributed by atoms with E-state index in [1.807, 2.05) is 0 Å². The van der Waals surface area contributed by atoms with Crippen LogP contribution >= 0.6 is 0 Å². The first-order valence-corrected chi connectivity index (χ1v) is 7.40. The first kappa shape index (κ1) is 15.4. The Kier molecular flexibility index (Phi) is 5.16. The van der Waals surface area contributed by atoms with E-state index < -0.39 is 0 Å². The van der Waals surface area contributed by atoms with E-state index in [4.69, 9.17) is 10.5 Å². The van der Waals surface area contributed by atoms with Crippen LogP contribution < -0.4 is 11.2 Å². The third-order valence-electron chi connectivity index (χ3n) is 3.76. The van der Waals surface area contributed by atoms with Crippen LogP contribution in [-0.2, 0) is 10.2 Å². The zero-order chi connectivity index (χ0) is 14.6. The van der Waals surface area contributed by atoms with Crippen LogP contribution in [0.15, 0.2) is 24.3 Å². The highest BCUT2D eigenvalue weighted by Crippen LogP contribution is 2.23. The molecule has 1 aliphatic rings. The topological polar surface area (TPSA) is 50.5 Å². The van der Waals surface area contributed by atoms with Crippen LogP contribution in [0.5, 0.6) is 0 Å². The summed E-state index contributed by atoms with van der Waals surface area (Å²) in [5.74, 6) is 0. The van der Waals surface area contributed by atoms with Gasteiger partial charge in [0, 0.05) is 19.6 Å². The molecule has 3 N–H and O–H groups in total. The number of hydrogen-bond acceptors (Lipinski definition) is 4. The number of benzene rings is 1. The van der Waals surface area contributed by atoms with E-state index in [0.29, 0.717) is 6.54 Å². The van der Waals surface area contributed by atoms with Crippen LogP contribution in [-0.4, -0.2) is 37.9 Å². The van der Waals surface area contributed by atoms with Gasteiger partial charge in [0.25, 0.3) is 0 Å². The summed E-state index contributed by atoms with van der Waals surface area (Å²) in [5, 5.41) is 2.21. The standard InChI is InChI=1S/C16H27N3O/c1-16(2,3)14-6-4-13(5-7-14)15(12-17)18-19-8-10-20-11-9-19/h4-7,15,18H,8-12,17H2,1-3H3. The van der Waals surface area contributed by atoms with Crippen LogP contribution in [0.3, 0.4) is 0 Å². The Morgan fingerprint density at radius 1 is 1.20 bits per heavy atom. The molecule has 4 nitrogen and oxygen atoms in total. The number of hydrazine groups is 1. The lowest BCUT2D eigenvalue weighted by Crippen LogP contribution is -2.48. The van der Waals surface area contributed by atoms with Gasteiger partial charge < -0.3 is 10.5 Å². The SMILES string of the molecule is CC(C)(C)c1ccc(C(CN)NN2CCOCC2)cc1. The number of morpholine rings is 1. The number of nitrogens with one attached hydrogen (secondary N) is 1. The van der Waals surface area contributed by atoms with E-state index in [1.54, 1.807) is 0 Å². The van der Waals surface area contributed by atoms with Crippen molar-refractivity contribution in [2.75, 3.05) is 32.8 Å². The summed E-state index contributed by atoms with van der Waals surface area (Å²) < 4.78 is 5.36. The molecule has 1 unspecified atom stereocenters. The molecular weight excluding hydrogens is 250 g/mol. The molecule has 0 bridgehead atoms. The van der Waals surface area contributed by atoms with Gasteiger partial charge in [0.1, 0.15) is 0 Å². The van der Waals surface area contributed by atoms with Gasteiger partial charge in [0.05, 0.1) is 19.3 Å². The molecule has 1 heterocycles. The Balaban J connectivity index is 2.03. The maximum absolute atomic E-state index is 5.93. The van der Waals surface area contributed by atoms with Crippen LogP contribution in [0.1, 0.15) is 37.9 Å². The lowest BCUT2D eigenvalue weighted by atomic mass is 9.86. The Bertz CT molecular complexity index is 405. The molecule has 20 heavy (non-hydrogen) atoms. The molecule has 0 amide bonds. The van der Waals surface area contributed by atoms with Crippen LogP contribution in [0, 0.1) is 0 Å². The summed E-state index contributed by atoms with van der Waals surface area (Å²) in [7, 11) is 0. The van der Waals surface area contributed by atoms with Crippen molar-refractivity contribution < 1.29 is 4.74 Å². The predicted molar refractivity (Wildman–Crippen MR) is 82.5 cm³/mol. The Labute approximate surface area is 122 Å². The van der Waals surface area contributed by atoms with Crippen molar-refractivity contribution >= 4 is 0 Å². The largest absolute Gasteiger partial charge is 0.379 e. The minimum absolute atomic E-state index is 0.169. The second kappa shape index (κ2) is 6.68. The fourth-order valence-electron chi connectivity index (χ4n) is 2.39. The van der Waals surface area contributed by atoms with Crippen molar-refractivity contribution in [3.63, 3.8) is 0 Å². The Morgan fingerprint density at radius 2 is 1.80 bits per heavy atom. The number of nitrogens with zero attached hydrogens (tertiary/aromatic N) is 1. The van der Waals surface area contributed by atoms with E-state index in [9.17, 15) is 0 Å². The molecule has 1 fully saturated rings. The summed E-state index contributed by atoms with van der Waals surface area (Å²) in [4.78, 5) is 0. The smallest absolute Gasteiger partial charge is 0.0608 e. The van der Waals surface area contributed by atoms with E-state index in [1.165, 1.54) is 11.1 Å². The molecule has 1 aromatic rings. The van der Waals surface area contributed by atoms with Crippen LogP contribution in [0.25, 0.3) is 0 Å². The van der Waals surface area contributed by atoms with Gasteiger partial charge in [-0.2, -0.15) is 0 Å². The highest BCUT2D eigenvalue weighted by Gasteiger charge is 2.18. The molecule has 4 heteroatoms. The monoisotopic (exact) mass is 277 g/mol. The molecule has 1 atom stereocenters. The quantitative estimate of drug-likeness (QED) is 0.881. The predicted octanol–water partition coefficient (Wildman–Crippen LogP) is 1.82. The average molecular weight is 277 g/mol. The number of nitrogens with two attached hydrogens (primary N) is 1. The minimum Gasteiger partial charge on any atom is -0.379 e. The van der Waals surface area contributed by atoms with Gasteiger partial charge in [-0.15, -0.1) is 0 Å². The highest BCUT2D eigenvalue weighted by atomic mass is 16.5. The first-order valence-electron chi connectivity index (χ1n) is 7.40. The molecule has 1 aliphatic heterocycles. The highest BCUT2D eigenvalue weighted by molar-refractivity contribution is 5.29. The number of hydrogen-bond donors (Lipinski definition) is 2. The summed E-state index contributed by atoms with van der Waals surface area (Å²) in [5.41, 5.74) is 12.2. The van der Waals surface area contributed by atoms with Crippen LogP contribution in [0.4, 0.5) is 0 Å². The fourth-order valence-corrected chi connectivity index (χ4v) is 2.39. The molecule has 2 rings (SSSR count). The molecule has 0 radical (unpaired) electrons. The maximum atomic E-state index is 5.93. The summed E-state index contributed by atoms with van der Waals surface area (Å²) >= 11 is 0. The average Bonchev–Trinajstić information content (AvgIpc) is 2.45. The van der Waals surface area contributed by atoms with Crippen molar-refractivity contribution in [1.82, 2.24) is 10.4 Å². The normalized spacial score (nSPS) is 19.0. The van der Waals surface area contributed by atoms with Crippen molar-refractivity contribution in [3.05, 3.63) is 35.4 Å². The second-order valence-electron chi connectivity index (χ2n) is 6.39. The van der Waals surface area contributed by atoms with Crippen molar-refractivity contribution in [1.29, 1.82) is 0 Å². The molecule has 0 saturated carbocycles. The van der Waals surface area contributed by atoms with Gasteiger partial charge in [-0.1, -0.05) is 45.0 Å². The fraction of sp³-hybridized carbons (Fsp3) is 0.625. The summed E-state index contributed by atoms with van der Waals surface area (Å²) in [6.07, 6.45) is 0. The van der Waals surface area contributed by atoms with Crippen molar-refractivity contribution in [3.8, 4) is 0 Å².